The molecule has 0 unspecified atom stereocenters. The number of hydrazone groups is 1. The maximum Gasteiger partial charge on any atom is 0.311 e. The number of nitro benzene ring substituents is 2. The summed E-state index contributed by atoms with van der Waals surface area (Å²) in [6, 6.07) is 8.80. The van der Waals surface area contributed by atoms with Crippen LogP contribution in [0.15, 0.2) is 47.6 Å². The summed E-state index contributed by atoms with van der Waals surface area (Å²) in [4.78, 5) is 32.8. The Morgan fingerprint density at radius 3 is 2.48 bits per heavy atom. The maximum absolute atomic E-state index is 12.2. The lowest BCUT2D eigenvalue weighted by Gasteiger charge is -2.21. The van der Waals surface area contributed by atoms with Crippen LogP contribution < -0.4 is 14.5 Å². The van der Waals surface area contributed by atoms with Gasteiger partial charge in [0.25, 0.3) is 11.6 Å². The van der Waals surface area contributed by atoms with Crippen molar-refractivity contribution in [1.82, 2.24) is 5.43 Å². The first-order chi connectivity index (χ1) is 14.5. The second kappa shape index (κ2) is 9.62. The van der Waals surface area contributed by atoms with E-state index >= 15 is 0 Å². The minimum Gasteiger partial charge on any atom is -0.490 e. The average Bonchev–Trinajstić information content (AvgIpc) is 2.71. The van der Waals surface area contributed by atoms with Gasteiger partial charge in [-0.05, 0) is 18.2 Å². The van der Waals surface area contributed by atoms with Crippen LogP contribution in [0.5, 0.6) is 5.75 Å². The number of ether oxygens (including phenoxy) is 1. The summed E-state index contributed by atoms with van der Waals surface area (Å²) >= 11 is 0. The zero-order chi connectivity index (χ0) is 23.2. The molecule has 0 atom stereocenters. The van der Waals surface area contributed by atoms with Gasteiger partial charge in [0, 0.05) is 23.8 Å². The highest BCUT2D eigenvalue weighted by molar-refractivity contribution is 7.92. The van der Waals surface area contributed by atoms with Crippen molar-refractivity contribution in [2.24, 2.45) is 5.10 Å². The van der Waals surface area contributed by atoms with Crippen LogP contribution in [0.2, 0.25) is 0 Å². The highest BCUT2D eigenvalue weighted by atomic mass is 32.2. The van der Waals surface area contributed by atoms with Gasteiger partial charge < -0.3 is 4.74 Å². The quantitative estimate of drug-likeness (QED) is 0.338. The molecule has 2 rings (SSSR count). The number of nitro groups is 2. The summed E-state index contributed by atoms with van der Waals surface area (Å²) in [5.41, 5.74) is 1.68. The van der Waals surface area contributed by atoms with Crippen molar-refractivity contribution < 1.29 is 27.8 Å². The van der Waals surface area contributed by atoms with E-state index in [-0.39, 0.29) is 28.4 Å². The molecule has 1 N–H and O–H groups in total. The number of carbonyl (C=O) groups is 1. The Balaban J connectivity index is 2.16. The topological polar surface area (TPSA) is 174 Å². The summed E-state index contributed by atoms with van der Waals surface area (Å²) in [5, 5.41) is 25.6. The lowest BCUT2D eigenvalue weighted by atomic mass is 10.2. The van der Waals surface area contributed by atoms with Gasteiger partial charge in [-0.15, -0.1) is 0 Å². The van der Waals surface area contributed by atoms with Gasteiger partial charge in [0.1, 0.15) is 6.54 Å². The molecule has 14 heteroatoms. The third-order valence-electron chi connectivity index (χ3n) is 3.82. The number of anilines is 1. The molecule has 0 radical (unpaired) electrons. The van der Waals surface area contributed by atoms with Crippen LogP contribution in [0, 0.1) is 20.2 Å². The Morgan fingerprint density at radius 2 is 1.90 bits per heavy atom. The zero-order valence-corrected chi connectivity index (χ0v) is 17.1. The second-order valence-electron chi connectivity index (χ2n) is 6.03. The van der Waals surface area contributed by atoms with Crippen LogP contribution in [0.1, 0.15) is 5.56 Å². The molecule has 0 saturated carbocycles. The Kier molecular flexibility index (Phi) is 7.20. The Labute approximate surface area is 176 Å². The van der Waals surface area contributed by atoms with E-state index in [0.29, 0.717) is 4.31 Å². The van der Waals surface area contributed by atoms with Crippen molar-refractivity contribution in [2.45, 2.75) is 0 Å². The Hall–Kier alpha value is -4.07. The molecule has 2 aromatic carbocycles. The number of carbonyl (C=O) groups excluding carboxylic acids is 1. The van der Waals surface area contributed by atoms with E-state index in [2.05, 4.69) is 10.5 Å². The fourth-order valence-corrected chi connectivity index (χ4v) is 3.28. The van der Waals surface area contributed by atoms with Crippen molar-refractivity contribution in [3.05, 3.63) is 68.3 Å². The first-order valence-corrected chi connectivity index (χ1v) is 10.2. The van der Waals surface area contributed by atoms with Crippen LogP contribution in [-0.2, 0) is 14.8 Å². The standard InChI is InChI=1S/C17H17N5O8S/c1-30-16-7-6-12(8-15(16)22(26)27)10-18-19-17(23)11-20(31(2,28)29)13-4-3-5-14(9-13)21(24)25/h3-10H,11H2,1-2H3,(H,19,23)/b18-10-. The van der Waals surface area contributed by atoms with E-state index in [1.807, 2.05) is 0 Å². The van der Waals surface area contributed by atoms with Gasteiger partial charge in [0.2, 0.25) is 10.0 Å². The Bertz CT molecular complexity index is 1150. The third kappa shape index (κ3) is 6.20. The lowest BCUT2D eigenvalue weighted by molar-refractivity contribution is -0.385. The number of hydrogen-bond donors (Lipinski definition) is 1. The van der Waals surface area contributed by atoms with Crippen LogP contribution in [0.25, 0.3) is 0 Å². The molecule has 0 heterocycles. The fourth-order valence-electron chi connectivity index (χ4n) is 2.44. The first kappa shape index (κ1) is 23.2. The highest BCUT2D eigenvalue weighted by Gasteiger charge is 2.22. The number of sulfonamides is 1. The zero-order valence-electron chi connectivity index (χ0n) is 16.3. The van der Waals surface area contributed by atoms with E-state index in [0.717, 1.165) is 18.5 Å². The van der Waals surface area contributed by atoms with Gasteiger partial charge in [-0.3, -0.25) is 29.3 Å². The average molecular weight is 451 g/mol. The molecule has 0 aliphatic heterocycles. The van der Waals surface area contributed by atoms with E-state index < -0.39 is 32.3 Å². The van der Waals surface area contributed by atoms with Crippen LogP contribution in [-0.4, -0.2) is 50.3 Å². The van der Waals surface area contributed by atoms with E-state index in [4.69, 9.17) is 4.74 Å². The number of amides is 1. The summed E-state index contributed by atoms with van der Waals surface area (Å²) in [6.45, 7) is -0.694. The number of nitrogens with zero attached hydrogens (tertiary/aromatic N) is 4. The first-order valence-electron chi connectivity index (χ1n) is 8.39. The number of non-ortho nitro benzene ring substituents is 1. The van der Waals surface area contributed by atoms with Gasteiger partial charge in [0.15, 0.2) is 5.75 Å². The van der Waals surface area contributed by atoms with Crippen molar-refractivity contribution in [3.63, 3.8) is 0 Å². The monoisotopic (exact) mass is 451 g/mol. The van der Waals surface area contributed by atoms with Crippen LogP contribution in [0.3, 0.4) is 0 Å². The van der Waals surface area contributed by atoms with Gasteiger partial charge in [-0.1, -0.05) is 6.07 Å². The van der Waals surface area contributed by atoms with E-state index in [1.54, 1.807) is 0 Å². The number of rotatable bonds is 9. The molecule has 0 aliphatic rings. The largest absolute Gasteiger partial charge is 0.490 e. The molecule has 0 saturated heterocycles. The highest BCUT2D eigenvalue weighted by Crippen LogP contribution is 2.27. The second-order valence-corrected chi connectivity index (χ2v) is 7.93. The molecule has 0 bridgehead atoms. The summed E-state index contributed by atoms with van der Waals surface area (Å²) in [6.07, 6.45) is 1.97. The smallest absolute Gasteiger partial charge is 0.311 e. The molecule has 0 aromatic heterocycles. The van der Waals surface area contributed by atoms with Gasteiger partial charge in [-0.25, -0.2) is 13.8 Å². The van der Waals surface area contributed by atoms with E-state index in [9.17, 15) is 33.4 Å². The van der Waals surface area contributed by atoms with Crippen molar-refractivity contribution in [2.75, 3.05) is 24.2 Å². The molecular formula is C17H17N5O8S. The van der Waals surface area contributed by atoms with Crippen LogP contribution in [0.4, 0.5) is 17.1 Å². The molecule has 2 aromatic rings. The number of hydrogen-bond acceptors (Lipinski definition) is 9. The van der Waals surface area contributed by atoms with Gasteiger partial charge >= 0.3 is 5.69 Å². The van der Waals surface area contributed by atoms with E-state index in [1.165, 1.54) is 43.5 Å². The molecular weight excluding hydrogens is 434 g/mol. The molecule has 13 nitrogen and oxygen atoms in total. The van der Waals surface area contributed by atoms with Crippen molar-refractivity contribution in [1.29, 1.82) is 0 Å². The van der Waals surface area contributed by atoms with Crippen molar-refractivity contribution >= 4 is 39.2 Å². The lowest BCUT2D eigenvalue weighted by Crippen LogP contribution is -2.39. The maximum atomic E-state index is 12.2. The molecule has 164 valence electrons. The van der Waals surface area contributed by atoms with Gasteiger partial charge in [-0.2, -0.15) is 5.10 Å². The summed E-state index contributed by atoms with van der Waals surface area (Å²) in [7, 11) is -2.66. The molecule has 1 amide bonds. The minimum atomic E-state index is -3.95. The fraction of sp³-hybridized carbons (Fsp3) is 0.176. The predicted octanol–water partition coefficient (Wildman–Crippen LogP) is 1.43. The number of nitrogens with one attached hydrogen (secondary N) is 1. The predicted molar refractivity (Wildman–Crippen MR) is 111 cm³/mol. The molecule has 31 heavy (non-hydrogen) atoms. The molecule has 0 spiro atoms. The van der Waals surface area contributed by atoms with Gasteiger partial charge in [0.05, 0.1) is 35.1 Å². The molecule has 0 aliphatic carbocycles. The minimum absolute atomic E-state index is 0.0481. The normalized spacial score (nSPS) is 11.2. The summed E-state index contributed by atoms with van der Waals surface area (Å²) in [5.74, 6) is -0.789. The SMILES string of the molecule is COc1ccc(/C=N\NC(=O)CN(c2cccc([N+](=O)[O-])c2)S(C)(=O)=O)cc1[N+](=O)[O-]. The van der Waals surface area contributed by atoms with Crippen molar-refractivity contribution in [3.8, 4) is 5.75 Å². The number of methoxy groups -OCH3 is 1. The third-order valence-corrected chi connectivity index (χ3v) is 4.96. The Morgan fingerprint density at radius 1 is 1.19 bits per heavy atom. The molecule has 0 fully saturated rings. The number of benzene rings is 2. The van der Waals surface area contributed by atoms with Crippen LogP contribution >= 0.6 is 0 Å². The summed E-state index contributed by atoms with van der Waals surface area (Å²) < 4.78 is 29.7.